The zero-order valence-corrected chi connectivity index (χ0v) is 15.8. The van der Waals surface area contributed by atoms with Crippen molar-refractivity contribution in [1.82, 2.24) is 14.8 Å². The van der Waals surface area contributed by atoms with Crippen LogP contribution in [0.15, 0.2) is 59.8 Å². The van der Waals surface area contributed by atoms with Crippen molar-refractivity contribution >= 4 is 23.4 Å². The molecule has 5 nitrogen and oxygen atoms in total. The fourth-order valence-corrected chi connectivity index (χ4v) is 3.50. The minimum absolute atomic E-state index is 0.0421. The number of thioether (sulfide) groups is 1. The minimum atomic E-state index is -0.0421. The highest BCUT2D eigenvalue weighted by molar-refractivity contribution is 7.99. The highest BCUT2D eigenvalue weighted by Gasteiger charge is 2.14. The molecule has 0 fully saturated rings. The van der Waals surface area contributed by atoms with Crippen molar-refractivity contribution in [2.45, 2.75) is 32.0 Å². The molecule has 0 spiro atoms. The second-order valence-electron chi connectivity index (χ2n) is 5.96. The van der Waals surface area contributed by atoms with E-state index in [1.165, 1.54) is 17.3 Å². The van der Waals surface area contributed by atoms with Crippen LogP contribution in [0.1, 0.15) is 23.9 Å². The van der Waals surface area contributed by atoms with Gasteiger partial charge in [-0.15, -0.1) is 10.2 Å². The van der Waals surface area contributed by atoms with E-state index in [0.717, 1.165) is 35.2 Å². The van der Waals surface area contributed by atoms with E-state index in [4.69, 9.17) is 0 Å². The van der Waals surface area contributed by atoms with Crippen LogP contribution in [0.2, 0.25) is 0 Å². The summed E-state index contributed by atoms with van der Waals surface area (Å²) in [6, 6.07) is 18.0. The molecule has 0 bridgehead atoms. The van der Waals surface area contributed by atoms with Gasteiger partial charge < -0.3 is 9.88 Å². The fraction of sp³-hybridized carbons (Fsp3) is 0.250. The number of nitrogens with zero attached hydrogens (tertiary/aromatic N) is 3. The molecule has 0 aliphatic heterocycles. The number of hydrogen-bond donors (Lipinski definition) is 1. The Morgan fingerprint density at radius 3 is 2.54 bits per heavy atom. The van der Waals surface area contributed by atoms with Crippen molar-refractivity contribution in [3.8, 4) is 0 Å². The summed E-state index contributed by atoms with van der Waals surface area (Å²) in [4.78, 5) is 12.2. The van der Waals surface area contributed by atoms with Crippen LogP contribution in [0.3, 0.4) is 0 Å². The van der Waals surface area contributed by atoms with Gasteiger partial charge >= 0.3 is 0 Å². The number of aromatic nitrogens is 3. The van der Waals surface area contributed by atoms with E-state index < -0.39 is 0 Å². The predicted molar refractivity (Wildman–Crippen MR) is 105 cm³/mol. The molecule has 1 N–H and O–H groups in total. The lowest BCUT2D eigenvalue weighted by Crippen LogP contribution is -2.15. The smallest absolute Gasteiger partial charge is 0.234 e. The number of hydrogen-bond acceptors (Lipinski definition) is 4. The molecular formula is C20H22N4OS. The first kappa shape index (κ1) is 18.2. The lowest BCUT2D eigenvalue weighted by molar-refractivity contribution is -0.113. The molecule has 1 aromatic heterocycles. The number of carbonyl (C=O) groups is 1. The first-order chi connectivity index (χ1) is 12.7. The molecule has 0 aliphatic carbocycles. The van der Waals surface area contributed by atoms with E-state index in [-0.39, 0.29) is 5.91 Å². The molecule has 6 heteroatoms. The average Bonchev–Trinajstić information content (AvgIpc) is 3.04. The molecule has 1 amide bonds. The number of nitrogens with one attached hydrogen (secondary N) is 1. The molecule has 0 saturated heterocycles. The molecule has 0 radical (unpaired) electrons. The number of benzene rings is 2. The third kappa shape index (κ3) is 4.52. The van der Waals surface area contributed by atoms with E-state index in [2.05, 4.69) is 39.1 Å². The number of carbonyl (C=O) groups excluding carboxylic acids is 1. The van der Waals surface area contributed by atoms with Crippen LogP contribution in [-0.4, -0.2) is 26.4 Å². The fourth-order valence-electron chi connectivity index (χ4n) is 2.68. The Balaban J connectivity index is 1.63. The topological polar surface area (TPSA) is 59.8 Å². The highest BCUT2D eigenvalue weighted by atomic mass is 32.2. The Morgan fingerprint density at radius 1 is 1.08 bits per heavy atom. The number of rotatable bonds is 7. The highest BCUT2D eigenvalue weighted by Crippen LogP contribution is 2.20. The Hall–Kier alpha value is -2.60. The van der Waals surface area contributed by atoms with E-state index in [9.17, 15) is 4.79 Å². The molecule has 2 aromatic carbocycles. The quantitative estimate of drug-likeness (QED) is 0.644. The third-order valence-corrected chi connectivity index (χ3v) is 5.03. The summed E-state index contributed by atoms with van der Waals surface area (Å²) in [5.74, 6) is 1.18. The van der Waals surface area contributed by atoms with E-state index in [0.29, 0.717) is 5.75 Å². The maximum Gasteiger partial charge on any atom is 0.234 e. The number of aryl methyl sites for hydroxylation is 1. The van der Waals surface area contributed by atoms with Crippen LogP contribution in [0.4, 0.5) is 5.69 Å². The van der Waals surface area contributed by atoms with Gasteiger partial charge in [0.1, 0.15) is 5.82 Å². The normalized spacial score (nSPS) is 10.7. The Bertz CT molecular complexity index is 877. The first-order valence-electron chi connectivity index (χ1n) is 8.61. The van der Waals surface area contributed by atoms with Crippen LogP contribution in [0.25, 0.3) is 0 Å². The lowest BCUT2D eigenvalue weighted by Gasteiger charge is -2.09. The number of amides is 1. The van der Waals surface area contributed by atoms with Gasteiger partial charge in [0, 0.05) is 18.7 Å². The minimum Gasteiger partial charge on any atom is -0.325 e. The molecule has 0 atom stereocenters. The molecule has 26 heavy (non-hydrogen) atoms. The summed E-state index contributed by atoms with van der Waals surface area (Å²) in [7, 11) is 0. The summed E-state index contributed by atoms with van der Waals surface area (Å²) in [6.45, 7) is 4.82. The van der Waals surface area contributed by atoms with Crippen molar-refractivity contribution in [2.75, 3.05) is 11.1 Å². The largest absolute Gasteiger partial charge is 0.325 e. The SMILES string of the molecule is CCn1c(Cc2ccccc2)nnc1SCC(=O)Nc1ccccc1C. The van der Waals surface area contributed by atoms with Crippen molar-refractivity contribution in [2.24, 2.45) is 0 Å². The monoisotopic (exact) mass is 366 g/mol. The zero-order chi connectivity index (χ0) is 18.4. The molecule has 3 rings (SSSR count). The number of para-hydroxylation sites is 1. The maximum absolute atomic E-state index is 12.2. The predicted octanol–water partition coefficient (Wildman–Crippen LogP) is 3.93. The van der Waals surface area contributed by atoms with E-state index in [1.54, 1.807) is 0 Å². The average molecular weight is 366 g/mol. The molecule has 1 heterocycles. The van der Waals surface area contributed by atoms with Crippen molar-refractivity contribution in [3.05, 3.63) is 71.5 Å². The summed E-state index contributed by atoms with van der Waals surface area (Å²) in [5, 5.41) is 12.3. The van der Waals surface area contributed by atoms with Crippen LogP contribution in [0.5, 0.6) is 0 Å². The van der Waals surface area contributed by atoms with E-state index in [1.807, 2.05) is 49.4 Å². The second-order valence-corrected chi connectivity index (χ2v) is 6.90. The standard InChI is InChI=1S/C20H22N4OS/c1-3-24-18(13-16-10-5-4-6-11-16)22-23-20(24)26-14-19(25)21-17-12-8-7-9-15(17)2/h4-12H,3,13-14H2,1-2H3,(H,21,25). The summed E-state index contributed by atoms with van der Waals surface area (Å²) >= 11 is 1.41. The summed E-state index contributed by atoms with van der Waals surface area (Å²) < 4.78 is 2.07. The van der Waals surface area contributed by atoms with Crippen LogP contribution >= 0.6 is 11.8 Å². The zero-order valence-electron chi connectivity index (χ0n) is 15.0. The van der Waals surface area contributed by atoms with Gasteiger partial charge in [-0.05, 0) is 31.0 Å². The summed E-state index contributed by atoms with van der Waals surface area (Å²) in [5.41, 5.74) is 3.09. The molecule has 0 saturated carbocycles. The van der Waals surface area contributed by atoms with Gasteiger partial charge in [0.25, 0.3) is 0 Å². The first-order valence-corrected chi connectivity index (χ1v) is 9.60. The molecule has 134 valence electrons. The van der Waals surface area contributed by atoms with Gasteiger partial charge in [0.2, 0.25) is 5.91 Å². The Labute approximate surface area is 157 Å². The second kappa shape index (κ2) is 8.67. The number of anilines is 1. The van der Waals surface area contributed by atoms with Gasteiger partial charge in [-0.25, -0.2) is 0 Å². The van der Waals surface area contributed by atoms with Crippen molar-refractivity contribution < 1.29 is 4.79 Å². The van der Waals surface area contributed by atoms with Gasteiger partial charge in [-0.2, -0.15) is 0 Å². The van der Waals surface area contributed by atoms with Crippen LogP contribution in [0, 0.1) is 6.92 Å². The van der Waals surface area contributed by atoms with Gasteiger partial charge in [0.05, 0.1) is 5.75 Å². The van der Waals surface area contributed by atoms with Crippen LogP contribution < -0.4 is 5.32 Å². The van der Waals surface area contributed by atoms with Gasteiger partial charge in [0.15, 0.2) is 5.16 Å². The third-order valence-electron chi connectivity index (χ3n) is 4.07. The Morgan fingerprint density at radius 2 is 1.81 bits per heavy atom. The van der Waals surface area contributed by atoms with Gasteiger partial charge in [-0.3, -0.25) is 4.79 Å². The summed E-state index contributed by atoms with van der Waals surface area (Å²) in [6.07, 6.45) is 0.734. The molecule has 3 aromatic rings. The van der Waals surface area contributed by atoms with Gasteiger partial charge in [-0.1, -0.05) is 60.3 Å². The van der Waals surface area contributed by atoms with E-state index >= 15 is 0 Å². The lowest BCUT2D eigenvalue weighted by atomic mass is 10.1. The van der Waals surface area contributed by atoms with Crippen molar-refractivity contribution in [3.63, 3.8) is 0 Å². The molecule has 0 aliphatic rings. The molecule has 0 unspecified atom stereocenters. The maximum atomic E-state index is 12.2. The van der Waals surface area contributed by atoms with Crippen LogP contribution in [-0.2, 0) is 17.8 Å². The molecular weight excluding hydrogens is 344 g/mol. The Kier molecular flexibility index (Phi) is 6.07. The van der Waals surface area contributed by atoms with Crippen molar-refractivity contribution in [1.29, 1.82) is 0 Å².